The molecule has 0 heterocycles. The highest BCUT2D eigenvalue weighted by Crippen LogP contribution is 2.56. The smallest absolute Gasteiger partial charge is 0.247 e. The lowest BCUT2D eigenvalue weighted by Crippen LogP contribution is -2.25. The monoisotopic (exact) mass is 957 g/mol. The number of hydrogen-bond donors (Lipinski definition) is 0. The van der Waals surface area contributed by atoms with Crippen molar-refractivity contribution in [2.24, 2.45) is 99.6 Å². The summed E-state index contributed by atoms with van der Waals surface area (Å²) in [5.41, 5.74) is 1.29. The summed E-state index contributed by atoms with van der Waals surface area (Å²) in [6.07, 6.45) is 7.35. The second-order valence-corrected chi connectivity index (χ2v) is 26.8. The van der Waals surface area contributed by atoms with Gasteiger partial charge in [-0.15, -0.1) is 0 Å². The highest BCUT2D eigenvalue weighted by Gasteiger charge is 2.45. The molecule has 0 saturated heterocycles. The van der Waals surface area contributed by atoms with E-state index in [4.69, 9.17) is 0 Å². The third kappa shape index (κ3) is 50.1. The van der Waals surface area contributed by atoms with Crippen LogP contribution in [-0.2, 0) is 0 Å². The fraction of sp³-hybridized carbons (Fsp3) is 1.00. The van der Waals surface area contributed by atoms with E-state index >= 15 is 0 Å². The Morgan fingerprint density at radius 2 is 0.742 bits per heavy atom. The van der Waals surface area contributed by atoms with E-state index in [-0.39, 0.29) is 42.4 Å². The predicted octanol–water partition coefficient (Wildman–Crippen LogP) is 22.9. The zero-order valence-corrected chi connectivity index (χ0v) is 51.1. The average molecular weight is 958 g/mol. The molecule has 0 radical (unpaired) electrons. The van der Waals surface area contributed by atoms with Crippen molar-refractivity contribution in [3.8, 4) is 0 Å². The van der Waals surface area contributed by atoms with Gasteiger partial charge >= 0.3 is 0 Å². The highest BCUT2D eigenvalue weighted by atomic mass is 19.3. The average Bonchev–Trinajstić information content (AvgIpc) is 3.90. The molecule has 0 bridgehead atoms. The third-order valence-electron chi connectivity index (χ3n) is 13.4. The topological polar surface area (TPSA) is 0 Å². The first kappa shape index (κ1) is 77.1. The van der Waals surface area contributed by atoms with Crippen LogP contribution in [0, 0.1) is 99.6 Å². The summed E-state index contributed by atoms with van der Waals surface area (Å²) in [5, 5.41) is 0. The molecule has 3 atom stereocenters. The van der Waals surface area contributed by atoms with E-state index in [9.17, 15) is 22.0 Å². The minimum absolute atomic E-state index is 0.00463. The van der Waals surface area contributed by atoms with Crippen LogP contribution in [0.4, 0.5) is 22.0 Å². The fourth-order valence-electron chi connectivity index (χ4n) is 7.27. The predicted molar refractivity (Wildman–Crippen MR) is 294 cm³/mol. The van der Waals surface area contributed by atoms with Gasteiger partial charge in [-0.05, 0) is 126 Å². The largest absolute Gasteiger partial charge is 0.250 e. The fourth-order valence-corrected chi connectivity index (χ4v) is 7.27. The molecule has 0 aromatic rings. The van der Waals surface area contributed by atoms with Crippen LogP contribution in [0.3, 0.4) is 0 Å². The number of hydrogen-bond acceptors (Lipinski definition) is 0. The van der Waals surface area contributed by atoms with Crippen LogP contribution in [0.5, 0.6) is 0 Å². The van der Waals surface area contributed by atoms with Crippen molar-refractivity contribution in [3.63, 3.8) is 0 Å². The molecular weight excluding hydrogens is 828 g/mol. The van der Waals surface area contributed by atoms with Crippen LogP contribution in [0.15, 0.2) is 0 Å². The molecule has 0 aromatic heterocycles. The lowest BCUT2D eigenvalue weighted by Gasteiger charge is -2.30. The molecule has 0 amide bonds. The lowest BCUT2D eigenvalue weighted by atomic mass is 9.75. The van der Waals surface area contributed by atoms with Crippen molar-refractivity contribution >= 4 is 0 Å². The van der Waals surface area contributed by atoms with Crippen LogP contribution in [0.25, 0.3) is 0 Å². The second kappa shape index (κ2) is 40.3. The highest BCUT2D eigenvalue weighted by molar-refractivity contribution is 4.95. The molecule has 1 saturated carbocycles. The zero-order chi connectivity index (χ0) is 54.3. The summed E-state index contributed by atoms with van der Waals surface area (Å²) in [4.78, 5) is 0. The van der Waals surface area contributed by atoms with Crippen LogP contribution in [0.1, 0.15) is 272 Å². The molecular formula is C61H129F5. The van der Waals surface area contributed by atoms with Gasteiger partial charge in [-0.3, -0.25) is 0 Å². The van der Waals surface area contributed by atoms with E-state index in [1.807, 2.05) is 41.5 Å². The summed E-state index contributed by atoms with van der Waals surface area (Å²) < 4.78 is 64.0. The number of rotatable bonds is 21. The summed E-state index contributed by atoms with van der Waals surface area (Å²) >= 11 is 0. The van der Waals surface area contributed by atoms with Crippen molar-refractivity contribution < 1.29 is 22.0 Å². The van der Waals surface area contributed by atoms with Gasteiger partial charge in [0.25, 0.3) is 5.92 Å². The molecule has 0 N–H and O–H groups in total. The SMILES string of the molecule is CC(C)C(F)C(C)C.CC(C)C(F)CC(F)C(C)C.CC(C)CC(C)(C)C(C)C.CC(C)CC(C)C(C)C.CC(C)CC(F)(F)C(C)C.CC(C)CC1(C(C)C)CC1.CC(C)CCC(C)C. The Bertz CT molecular complexity index is 935. The maximum Gasteiger partial charge on any atom is 0.250 e. The Morgan fingerprint density at radius 1 is 0.394 bits per heavy atom. The first-order chi connectivity index (χ1) is 29.4. The minimum atomic E-state index is -2.48. The molecule has 0 aromatic carbocycles. The van der Waals surface area contributed by atoms with Gasteiger partial charge in [0.05, 0.1) is 0 Å². The maximum atomic E-state index is 12.9. The van der Waals surface area contributed by atoms with Gasteiger partial charge < -0.3 is 0 Å². The zero-order valence-electron chi connectivity index (χ0n) is 51.1. The van der Waals surface area contributed by atoms with Gasteiger partial charge in [-0.25, -0.2) is 22.0 Å². The maximum absolute atomic E-state index is 12.9. The first-order valence-corrected chi connectivity index (χ1v) is 27.8. The van der Waals surface area contributed by atoms with Crippen LogP contribution >= 0.6 is 0 Å². The van der Waals surface area contributed by atoms with Crippen molar-refractivity contribution in [2.45, 2.75) is 297 Å². The molecule has 66 heavy (non-hydrogen) atoms. The van der Waals surface area contributed by atoms with E-state index in [1.54, 1.807) is 41.5 Å². The van der Waals surface area contributed by atoms with Gasteiger partial charge in [-0.1, -0.05) is 227 Å². The molecule has 5 heteroatoms. The van der Waals surface area contributed by atoms with Crippen molar-refractivity contribution in [2.75, 3.05) is 0 Å². The molecule has 3 unspecified atom stereocenters. The van der Waals surface area contributed by atoms with Gasteiger partial charge in [0, 0.05) is 18.8 Å². The summed E-state index contributed by atoms with van der Waals surface area (Å²) in [5.74, 6) is 5.12. The van der Waals surface area contributed by atoms with Crippen molar-refractivity contribution in [1.29, 1.82) is 0 Å². The third-order valence-corrected chi connectivity index (χ3v) is 13.4. The lowest BCUT2D eigenvalue weighted by molar-refractivity contribution is -0.0617. The molecule has 0 aliphatic heterocycles. The Morgan fingerprint density at radius 3 is 0.848 bits per heavy atom. The van der Waals surface area contributed by atoms with Gasteiger partial charge in [0.15, 0.2) is 0 Å². The van der Waals surface area contributed by atoms with Gasteiger partial charge in [0.1, 0.15) is 18.5 Å². The van der Waals surface area contributed by atoms with Crippen LogP contribution < -0.4 is 0 Å². The molecule has 1 aliphatic carbocycles. The molecule has 408 valence electrons. The van der Waals surface area contributed by atoms with E-state index in [1.165, 1.54) is 44.9 Å². The normalized spacial score (nSPS) is 15.1. The summed E-state index contributed by atoms with van der Waals surface area (Å²) in [6.45, 7) is 65.5. The minimum Gasteiger partial charge on any atom is -0.247 e. The van der Waals surface area contributed by atoms with E-state index in [0.29, 0.717) is 5.41 Å². The van der Waals surface area contributed by atoms with Gasteiger partial charge in [0.2, 0.25) is 0 Å². The second-order valence-electron chi connectivity index (χ2n) is 26.8. The molecule has 0 spiro atoms. The van der Waals surface area contributed by atoms with Crippen LogP contribution in [-0.4, -0.2) is 24.4 Å². The summed E-state index contributed by atoms with van der Waals surface area (Å²) in [7, 11) is 0. The number of alkyl halides is 5. The Labute approximate surface area is 416 Å². The molecule has 0 nitrogen and oxygen atoms in total. The Kier molecular flexibility index (Phi) is 47.1. The summed E-state index contributed by atoms with van der Waals surface area (Å²) in [6, 6.07) is 0. The van der Waals surface area contributed by atoms with Crippen molar-refractivity contribution in [1.82, 2.24) is 0 Å². The van der Waals surface area contributed by atoms with Crippen molar-refractivity contribution in [3.05, 3.63) is 0 Å². The van der Waals surface area contributed by atoms with E-state index < -0.39 is 30.4 Å². The van der Waals surface area contributed by atoms with E-state index in [0.717, 1.165) is 58.7 Å². The molecule has 1 rings (SSSR count). The Balaban J connectivity index is -0.000000160. The Hall–Kier alpha value is -0.350. The van der Waals surface area contributed by atoms with Gasteiger partial charge in [-0.2, -0.15) is 0 Å². The first-order valence-electron chi connectivity index (χ1n) is 27.8. The van der Waals surface area contributed by atoms with Crippen LogP contribution in [0.2, 0.25) is 0 Å². The standard InChI is InChI=1S/C10H20.C10H22.C9H18F2.C9H20.C8H16F2.C8H18.C7H15F/c1-8(2)7-10(5-6-10)9(3)4;1-8(2)7-10(5,6)9(3)4;1-6(2)8(10)5-9(11)7(3)4;1-7(2)6-9(5)8(3)4;1-6(2)5-8(9,10)7(3)4;1-7(2)5-6-8(3)4;1-5(2)7(8)6(3)4/h8-9H,5-7H2,1-4H3;8-9H,7H2,1-6H3;6-9H,5H2,1-4H3;7-9H,6H2,1-5H3;6-7H,5H2,1-4H3;7-8H,5-6H2,1-4H3;5-7H,1-4H3. The molecule has 1 fully saturated rings. The van der Waals surface area contributed by atoms with E-state index in [2.05, 4.69) is 132 Å². The number of halogens is 5. The molecule has 1 aliphatic rings. The quantitative estimate of drug-likeness (QED) is 0.101.